The van der Waals surface area contributed by atoms with Crippen LogP contribution >= 0.6 is 11.8 Å². The number of halogens is 2. The zero-order valence-corrected chi connectivity index (χ0v) is 52.4. The normalized spacial score (nSPS) is 23.6. The third-order valence-electron chi connectivity index (χ3n) is 19.1. The number of imide groups is 2. The fraction of sp³-hybridized carbons (Fsp3) is 0.530. The minimum Gasteiger partial charge on any atom is -0.382 e. The smallest absolute Gasteiger partial charge is 0.264 e. The number of piperidine rings is 1. The van der Waals surface area contributed by atoms with Gasteiger partial charge in [0.1, 0.15) is 6.04 Å². The van der Waals surface area contributed by atoms with Crippen molar-refractivity contribution in [2.45, 2.75) is 107 Å². The molecule has 0 spiro atoms. The van der Waals surface area contributed by atoms with E-state index in [1.807, 2.05) is 37.3 Å². The molecule has 3 saturated carbocycles. The Hall–Kier alpha value is -6.27. The van der Waals surface area contributed by atoms with Gasteiger partial charge in [-0.15, -0.1) is 11.8 Å². The minimum absolute atomic E-state index is 0.000280. The van der Waals surface area contributed by atoms with Crippen molar-refractivity contribution in [1.29, 1.82) is 0 Å². The molecule has 3 saturated heterocycles. The van der Waals surface area contributed by atoms with Gasteiger partial charge in [-0.1, -0.05) is 49.3 Å². The number of amides is 5. The number of aryl methyl sites for hydroxylation is 1. The molecule has 6 fully saturated rings. The second-order valence-electron chi connectivity index (χ2n) is 25.9. The van der Waals surface area contributed by atoms with Crippen molar-refractivity contribution in [3.63, 3.8) is 0 Å². The Morgan fingerprint density at radius 3 is 2.16 bits per heavy atom. The Bertz CT molecular complexity index is 3350. The van der Waals surface area contributed by atoms with Gasteiger partial charge in [0.2, 0.25) is 18.2 Å². The van der Waals surface area contributed by atoms with Crippen molar-refractivity contribution < 1.29 is 50.6 Å². The van der Waals surface area contributed by atoms with Crippen LogP contribution in [0, 0.1) is 23.2 Å². The first-order valence-corrected chi connectivity index (χ1v) is 33.6. The Kier molecular flexibility index (Phi) is 19.5. The summed E-state index contributed by atoms with van der Waals surface area (Å²) in [7, 11) is -4.19. The molecule has 4 aliphatic carbocycles. The van der Waals surface area contributed by atoms with Crippen LogP contribution in [0.25, 0.3) is 0 Å². The molecule has 4 N–H and O–H groups in total. The number of allylic oxidation sites excluding steroid dienone is 1. The lowest BCUT2D eigenvalue weighted by Gasteiger charge is -2.72. The monoisotopic (exact) mass is 1250 g/mol. The first kappa shape index (κ1) is 63.3. The Balaban J connectivity index is 0.590. The first-order valence-electron chi connectivity index (χ1n) is 31.2. The molecule has 22 heteroatoms. The van der Waals surface area contributed by atoms with E-state index in [2.05, 4.69) is 66.3 Å². The van der Waals surface area contributed by atoms with E-state index in [9.17, 15) is 41.2 Å². The SMILES string of the molecule is Cc1cc(S(=O)(=O)NC(=O)c2ccc(N3CCN(CC4=C(C56CC(C(F)F)(C5)C6)CC(C)(C)CC4)CC3)cc2)ccc1N[C@H](CCN1CCN(CCOCCOCCNc2cccc3c2C(=O)N(C2CCC(=O)NC2=O)C3=O)CC1)CSc1ccccc1. The molecule has 4 aromatic carbocycles. The van der Waals surface area contributed by atoms with Gasteiger partial charge in [-0.2, -0.15) is 0 Å². The Morgan fingerprint density at radius 1 is 0.773 bits per heavy atom. The van der Waals surface area contributed by atoms with Crippen molar-refractivity contribution in [2.75, 3.05) is 126 Å². The van der Waals surface area contributed by atoms with Crippen LogP contribution in [-0.2, 0) is 29.1 Å². The minimum atomic E-state index is -4.19. The number of carbonyl (C=O) groups excluding carboxylic acids is 5. The molecule has 0 aromatic heterocycles. The van der Waals surface area contributed by atoms with Gasteiger partial charge in [0, 0.05) is 130 Å². The standard InChI is InChI=1S/C66H83F2N9O9S2/c1-45-38-51(88(83,84)72-59(79)46-12-14-49(15-13-46)76-31-29-75(30-32-76)40-47-20-22-64(2,3)39-53(47)65-42-66(43-65,44-65)63(67)68)16-17-54(45)70-48(41-87-50-8-5-4-6-9-50)21-24-73-25-27-74(28-26-73)33-35-86-37-36-85-34-23-69-55-11-7-10-52-58(55)62(82)77(61(52)81)56-18-19-57(78)71-60(56)80/h4-17,38,48,56,63,69-70H,18-37,39-44H2,1-3H3,(H,72,79)(H,71,78,80)/t48-,56?,65?,66?/m1/s1. The summed E-state index contributed by atoms with van der Waals surface area (Å²) < 4.78 is 69.0. The van der Waals surface area contributed by atoms with E-state index in [0.717, 1.165) is 125 Å². The van der Waals surface area contributed by atoms with Crippen LogP contribution in [0.15, 0.2) is 112 Å². The van der Waals surface area contributed by atoms with Crippen LogP contribution in [0.4, 0.5) is 25.8 Å². The number of anilines is 3. The van der Waals surface area contributed by atoms with E-state index in [1.54, 1.807) is 60.3 Å². The maximum atomic E-state index is 13.8. The molecule has 1 unspecified atom stereocenters. The predicted octanol–water partition coefficient (Wildman–Crippen LogP) is 8.30. The third-order valence-corrected chi connectivity index (χ3v) is 21.6. The van der Waals surface area contributed by atoms with Gasteiger partial charge in [-0.25, -0.2) is 21.9 Å². The van der Waals surface area contributed by atoms with E-state index in [0.29, 0.717) is 57.9 Å². The summed E-state index contributed by atoms with van der Waals surface area (Å²) in [5.41, 5.74) is 6.12. The fourth-order valence-electron chi connectivity index (χ4n) is 14.1. The first-order chi connectivity index (χ1) is 42.3. The highest BCUT2D eigenvalue weighted by atomic mass is 32.2. The number of hydrogen-bond donors (Lipinski definition) is 4. The van der Waals surface area contributed by atoms with E-state index in [4.69, 9.17) is 9.47 Å². The number of nitrogens with one attached hydrogen (secondary N) is 4. The summed E-state index contributed by atoms with van der Waals surface area (Å²) in [6.45, 7) is 18.2. The van der Waals surface area contributed by atoms with E-state index in [1.165, 1.54) is 16.0 Å². The second kappa shape index (κ2) is 27.1. The van der Waals surface area contributed by atoms with Crippen molar-refractivity contribution in [3.05, 3.63) is 124 Å². The van der Waals surface area contributed by atoms with Crippen LogP contribution in [0.1, 0.15) is 108 Å². The van der Waals surface area contributed by atoms with Gasteiger partial charge in [0.25, 0.3) is 27.7 Å². The molecule has 12 rings (SSSR count). The highest BCUT2D eigenvalue weighted by Crippen LogP contribution is 2.79. The molecule has 2 bridgehead atoms. The van der Waals surface area contributed by atoms with Crippen molar-refractivity contribution in [1.82, 2.24) is 29.6 Å². The van der Waals surface area contributed by atoms with Crippen LogP contribution in [0.5, 0.6) is 0 Å². The molecule has 88 heavy (non-hydrogen) atoms. The quantitative estimate of drug-likeness (QED) is 0.0192. The topological polar surface area (TPSA) is 202 Å². The van der Waals surface area contributed by atoms with E-state index < -0.39 is 57.4 Å². The molecule has 2 atom stereocenters. The number of sulfonamides is 1. The van der Waals surface area contributed by atoms with Gasteiger partial charge >= 0.3 is 0 Å². The number of fused-ring (bicyclic) bond motifs is 1. The zero-order chi connectivity index (χ0) is 61.8. The van der Waals surface area contributed by atoms with Crippen LogP contribution < -0.4 is 25.6 Å². The average molecular weight is 1250 g/mol. The van der Waals surface area contributed by atoms with Gasteiger partial charge < -0.3 is 29.9 Å². The van der Waals surface area contributed by atoms with Crippen LogP contribution in [0.3, 0.4) is 0 Å². The highest BCUT2D eigenvalue weighted by Gasteiger charge is 2.73. The number of benzene rings is 4. The molecule has 472 valence electrons. The average Bonchev–Trinajstić information content (AvgIpc) is 0.783. The fourth-order valence-corrected chi connectivity index (χ4v) is 16.1. The number of ether oxygens (including phenoxy) is 2. The molecule has 5 amide bonds. The lowest BCUT2D eigenvalue weighted by Crippen LogP contribution is -2.66. The number of hydrogen-bond acceptors (Lipinski definition) is 16. The summed E-state index contributed by atoms with van der Waals surface area (Å²) in [5, 5.41) is 9.14. The number of alkyl halides is 2. The molecular weight excluding hydrogens is 1160 g/mol. The summed E-state index contributed by atoms with van der Waals surface area (Å²) in [4.78, 5) is 76.0. The molecule has 18 nitrogen and oxygen atoms in total. The maximum absolute atomic E-state index is 13.8. The molecule has 8 aliphatic rings. The summed E-state index contributed by atoms with van der Waals surface area (Å²) in [6, 6.07) is 26.3. The Labute approximate surface area is 519 Å². The number of rotatable bonds is 27. The highest BCUT2D eigenvalue weighted by molar-refractivity contribution is 7.99. The lowest BCUT2D eigenvalue weighted by atomic mass is 9.32. The largest absolute Gasteiger partial charge is 0.382 e. The molecule has 4 heterocycles. The maximum Gasteiger partial charge on any atom is 0.264 e. The lowest BCUT2D eigenvalue weighted by molar-refractivity contribution is -0.250. The van der Waals surface area contributed by atoms with Crippen molar-refractivity contribution >= 4 is 68.4 Å². The molecular formula is C66H83F2N9O9S2. The summed E-state index contributed by atoms with van der Waals surface area (Å²) in [5.74, 6) is -2.09. The van der Waals surface area contributed by atoms with Gasteiger partial charge in [0.05, 0.1) is 42.4 Å². The van der Waals surface area contributed by atoms with E-state index >= 15 is 0 Å². The number of nitrogens with zero attached hydrogens (tertiary/aromatic N) is 5. The van der Waals surface area contributed by atoms with Crippen molar-refractivity contribution in [2.24, 2.45) is 16.2 Å². The summed E-state index contributed by atoms with van der Waals surface area (Å²) >= 11 is 1.78. The number of piperazine rings is 2. The van der Waals surface area contributed by atoms with Gasteiger partial charge in [0.15, 0.2) is 0 Å². The predicted molar refractivity (Wildman–Crippen MR) is 336 cm³/mol. The molecule has 0 radical (unpaired) electrons. The number of thioether (sulfide) groups is 1. The Morgan fingerprint density at radius 2 is 1.47 bits per heavy atom. The zero-order valence-electron chi connectivity index (χ0n) is 50.8. The number of carbonyl (C=O) groups is 5. The molecule has 4 aromatic rings. The molecule has 4 aliphatic heterocycles. The van der Waals surface area contributed by atoms with E-state index in [-0.39, 0.29) is 51.3 Å². The van der Waals surface area contributed by atoms with Crippen molar-refractivity contribution in [3.8, 4) is 0 Å². The van der Waals surface area contributed by atoms with Gasteiger partial charge in [-0.3, -0.25) is 44.0 Å². The van der Waals surface area contributed by atoms with Crippen LogP contribution in [0.2, 0.25) is 0 Å². The third kappa shape index (κ3) is 14.3. The summed E-state index contributed by atoms with van der Waals surface area (Å²) in [6.07, 6.45) is 3.90. The van der Waals surface area contributed by atoms with Crippen LogP contribution in [-0.4, -0.2) is 187 Å². The van der Waals surface area contributed by atoms with Gasteiger partial charge in [-0.05, 0) is 141 Å². The second-order valence-corrected chi connectivity index (χ2v) is 28.7.